The molecule has 44 heavy (non-hydrogen) atoms. The van der Waals surface area contributed by atoms with E-state index in [-0.39, 0.29) is 35.3 Å². The predicted octanol–water partition coefficient (Wildman–Crippen LogP) is 6.63. The molecule has 0 aliphatic heterocycles. The Balaban J connectivity index is 1.61. The summed E-state index contributed by atoms with van der Waals surface area (Å²) in [6.45, 7) is 6.18. The Bertz CT molecular complexity index is 1640. The number of nitrogens with one attached hydrogen (secondary N) is 2. The number of anilines is 3. The highest BCUT2D eigenvalue weighted by atomic mass is 16.5. The zero-order valence-corrected chi connectivity index (χ0v) is 24.8. The first-order valence-corrected chi connectivity index (χ1v) is 14.1. The van der Waals surface area contributed by atoms with Gasteiger partial charge in [0.15, 0.2) is 0 Å². The predicted molar refractivity (Wildman–Crippen MR) is 169 cm³/mol. The van der Waals surface area contributed by atoms with Crippen molar-refractivity contribution in [2.24, 2.45) is 0 Å². The zero-order chi connectivity index (χ0) is 31.6. The number of carbonyl (C=O) groups is 3. The van der Waals surface area contributed by atoms with Crippen LogP contribution >= 0.6 is 0 Å². The van der Waals surface area contributed by atoms with Gasteiger partial charge in [-0.05, 0) is 80.4 Å². The smallest absolute Gasteiger partial charge is 0.335 e. The molecule has 0 atom stereocenters. The van der Waals surface area contributed by atoms with Gasteiger partial charge in [-0.2, -0.15) is 0 Å². The molecule has 0 radical (unpaired) electrons. The minimum Gasteiger partial charge on any atom is -0.491 e. The number of nitrogen functional groups attached to an aromatic ring is 1. The molecule has 4 aromatic carbocycles. The topological polar surface area (TPSA) is 149 Å². The standard InChI is InChI=1S/C34H35N3O7/c1-4-16-42-30-19-25(34(40)41)12-15-27(30)36-33(39)24-11-14-28(31(18-24)43-20-22-8-6-5-7-9-22)37-32(38)23-10-13-26(35)29(17-23)44-21(2)3/h5-15,17-19,21H,4,16,20,35H2,1-3H3,(H,36,39)(H,37,38)(H,40,41). The Morgan fingerprint density at radius 2 is 1.30 bits per heavy atom. The number of carboxylic acid groups (broad SMARTS) is 1. The van der Waals surface area contributed by atoms with Crippen molar-refractivity contribution >= 4 is 34.8 Å². The SMILES string of the molecule is CCCOc1cc(C(=O)O)ccc1NC(=O)c1ccc(NC(=O)c2ccc(N)c(OC(C)C)c2)c(OCc2ccccc2)c1. The number of carbonyl (C=O) groups excluding carboxylic acids is 2. The van der Waals surface area contributed by atoms with E-state index in [1.54, 1.807) is 30.3 Å². The van der Waals surface area contributed by atoms with Crippen molar-refractivity contribution in [3.63, 3.8) is 0 Å². The van der Waals surface area contributed by atoms with Gasteiger partial charge in [0.1, 0.15) is 23.9 Å². The molecule has 0 unspecified atom stereocenters. The van der Waals surface area contributed by atoms with Gasteiger partial charge in [-0.15, -0.1) is 0 Å². The highest BCUT2D eigenvalue weighted by Gasteiger charge is 2.18. The lowest BCUT2D eigenvalue weighted by Gasteiger charge is -2.16. The third-order valence-electron chi connectivity index (χ3n) is 6.31. The number of nitrogens with two attached hydrogens (primary N) is 1. The first-order chi connectivity index (χ1) is 21.1. The lowest BCUT2D eigenvalue weighted by molar-refractivity contribution is 0.0696. The molecule has 228 valence electrons. The quantitative estimate of drug-likeness (QED) is 0.126. The van der Waals surface area contributed by atoms with Crippen LogP contribution in [0.4, 0.5) is 17.1 Å². The van der Waals surface area contributed by atoms with Gasteiger partial charge in [-0.1, -0.05) is 37.3 Å². The fourth-order valence-electron chi connectivity index (χ4n) is 4.13. The second kappa shape index (κ2) is 14.6. The van der Waals surface area contributed by atoms with Crippen LogP contribution in [-0.2, 0) is 6.61 Å². The minimum absolute atomic E-state index is 0.0368. The normalized spacial score (nSPS) is 10.6. The molecule has 10 nitrogen and oxygen atoms in total. The van der Waals surface area contributed by atoms with E-state index in [2.05, 4.69) is 10.6 Å². The van der Waals surface area contributed by atoms with Crippen LogP contribution in [0.25, 0.3) is 0 Å². The molecule has 0 spiro atoms. The monoisotopic (exact) mass is 597 g/mol. The number of hydrogen-bond donors (Lipinski definition) is 4. The van der Waals surface area contributed by atoms with Gasteiger partial charge < -0.3 is 35.7 Å². The number of benzene rings is 4. The summed E-state index contributed by atoms with van der Waals surface area (Å²) >= 11 is 0. The maximum atomic E-state index is 13.3. The van der Waals surface area contributed by atoms with Gasteiger partial charge in [0.25, 0.3) is 11.8 Å². The summed E-state index contributed by atoms with van der Waals surface area (Å²) in [4.78, 5) is 38.1. The zero-order valence-electron chi connectivity index (χ0n) is 24.8. The van der Waals surface area contributed by atoms with Crippen LogP contribution in [0.2, 0.25) is 0 Å². The van der Waals surface area contributed by atoms with E-state index in [4.69, 9.17) is 19.9 Å². The minimum atomic E-state index is -1.11. The summed E-state index contributed by atoms with van der Waals surface area (Å²) in [7, 11) is 0. The second-order valence-electron chi connectivity index (χ2n) is 10.2. The summed E-state index contributed by atoms with van der Waals surface area (Å²) in [6.07, 6.45) is 0.569. The summed E-state index contributed by atoms with van der Waals surface area (Å²) in [5, 5.41) is 15.0. The highest BCUT2D eigenvalue weighted by molar-refractivity contribution is 6.08. The van der Waals surface area contributed by atoms with Gasteiger partial charge in [0.05, 0.1) is 35.3 Å². The first-order valence-electron chi connectivity index (χ1n) is 14.1. The molecule has 0 aromatic heterocycles. The number of aromatic carboxylic acids is 1. The number of amides is 2. The summed E-state index contributed by atoms with van der Waals surface area (Å²) in [6, 6.07) is 23.1. The third-order valence-corrected chi connectivity index (χ3v) is 6.31. The largest absolute Gasteiger partial charge is 0.491 e. The summed E-state index contributed by atoms with van der Waals surface area (Å²) in [5.41, 5.74) is 8.60. The molecule has 0 heterocycles. The Labute approximate surface area is 255 Å². The van der Waals surface area contributed by atoms with Gasteiger partial charge in [-0.25, -0.2) is 4.79 Å². The Morgan fingerprint density at radius 3 is 1.89 bits per heavy atom. The molecule has 0 aliphatic rings. The average molecular weight is 598 g/mol. The van der Waals surface area contributed by atoms with Crippen molar-refractivity contribution in [3.05, 3.63) is 107 Å². The van der Waals surface area contributed by atoms with E-state index >= 15 is 0 Å². The average Bonchev–Trinajstić information content (AvgIpc) is 3.01. The molecule has 4 aromatic rings. The first kappa shape index (κ1) is 31.4. The number of carboxylic acids is 1. The molecular weight excluding hydrogens is 562 g/mol. The molecule has 10 heteroatoms. The van der Waals surface area contributed by atoms with Crippen LogP contribution in [0.5, 0.6) is 17.2 Å². The van der Waals surface area contributed by atoms with Crippen molar-refractivity contribution in [2.75, 3.05) is 23.0 Å². The second-order valence-corrected chi connectivity index (χ2v) is 10.2. The van der Waals surface area contributed by atoms with Gasteiger partial charge in [0.2, 0.25) is 0 Å². The van der Waals surface area contributed by atoms with Crippen LogP contribution < -0.4 is 30.6 Å². The third kappa shape index (κ3) is 8.28. The number of hydrogen-bond acceptors (Lipinski definition) is 7. The van der Waals surface area contributed by atoms with Gasteiger partial charge in [-0.3, -0.25) is 9.59 Å². The van der Waals surface area contributed by atoms with E-state index < -0.39 is 17.8 Å². The Hall–Kier alpha value is -5.51. The van der Waals surface area contributed by atoms with E-state index in [0.717, 1.165) is 5.56 Å². The molecule has 0 fully saturated rings. The Kier molecular flexibility index (Phi) is 10.4. The van der Waals surface area contributed by atoms with Crippen LogP contribution in [-0.4, -0.2) is 35.6 Å². The molecule has 0 bridgehead atoms. The lowest BCUT2D eigenvalue weighted by atomic mass is 10.1. The molecule has 5 N–H and O–H groups in total. The fraction of sp³-hybridized carbons (Fsp3) is 0.206. The van der Waals surface area contributed by atoms with E-state index in [0.29, 0.717) is 41.4 Å². The Morgan fingerprint density at radius 1 is 0.750 bits per heavy atom. The lowest BCUT2D eigenvalue weighted by Crippen LogP contribution is -2.16. The van der Waals surface area contributed by atoms with Gasteiger partial charge in [0, 0.05) is 11.1 Å². The maximum Gasteiger partial charge on any atom is 0.335 e. The molecule has 0 saturated carbocycles. The number of ether oxygens (including phenoxy) is 3. The van der Waals surface area contributed by atoms with Crippen LogP contribution in [0.15, 0.2) is 84.9 Å². The van der Waals surface area contributed by atoms with E-state index in [1.165, 1.54) is 24.3 Å². The van der Waals surface area contributed by atoms with Crippen molar-refractivity contribution < 1.29 is 33.7 Å². The molecular formula is C34H35N3O7. The van der Waals surface area contributed by atoms with Crippen LogP contribution in [0, 0.1) is 0 Å². The maximum absolute atomic E-state index is 13.3. The van der Waals surface area contributed by atoms with Crippen molar-refractivity contribution in [3.8, 4) is 17.2 Å². The van der Waals surface area contributed by atoms with Crippen LogP contribution in [0.3, 0.4) is 0 Å². The van der Waals surface area contributed by atoms with Crippen molar-refractivity contribution in [2.45, 2.75) is 39.9 Å². The fourth-order valence-corrected chi connectivity index (χ4v) is 4.13. The number of rotatable bonds is 13. The van der Waals surface area contributed by atoms with Crippen LogP contribution in [0.1, 0.15) is 63.8 Å². The van der Waals surface area contributed by atoms with Crippen molar-refractivity contribution in [1.29, 1.82) is 0 Å². The molecule has 0 aliphatic carbocycles. The molecule has 2 amide bonds. The van der Waals surface area contributed by atoms with E-state index in [9.17, 15) is 19.5 Å². The summed E-state index contributed by atoms with van der Waals surface area (Å²) in [5.74, 6) is -1.09. The molecule has 4 rings (SSSR count). The van der Waals surface area contributed by atoms with E-state index in [1.807, 2.05) is 51.1 Å². The van der Waals surface area contributed by atoms with Gasteiger partial charge >= 0.3 is 5.97 Å². The highest BCUT2D eigenvalue weighted by Crippen LogP contribution is 2.31. The molecule has 0 saturated heterocycles. The van der Waals surface area contributed by atoms with Crippen molar-refractivity contribution in [1.82, 2.24) is 0 Å². The summed E-state index contributed by atoms with van der Waals surface area (Å²) < 4.78 is 17.5.